The maximum Gasteiger partial charge on any atom is 0.293 e. The van der Waals surface area contributed by atoms with Gasteiger partial charge in [0.2, 0.25) is 0 Å². The number of hydrogen-bond donors (Lipinski definition) is 1. The summed E-state index contributed by atoms with van der Waals surface area (Å²) in [7, 11) is 1.66. The lowest BCUT2D eigenvalue weighted by Crippen LogP contribution is -2.18. The van der Waals surface area contributed by atoms with E-state index in [2.05, 4.69) is 15.6 Å². The van der Waals surface area contributed by atoms with Gasteiger partial charge >= 0.3 is 0 Å². The van der Waals surface area contributed by atoms with Crippen LogP contribution < -0.4 is 5.43 Å². The van der Waals surface area contributed by atoms with Crippen molar-refractivity contribution in [2.45, 2.75) is 0 Å². The minimum atomic E-state index is -0.510. The number of carbonyl (C=O) groups excluding carboxylic acids is 1. The van der Waals surface area contributed by atoms with Crippen molar-refractivity contribution in [1.82, 2.24) is 15.2 Å². The summed E-state index contributed by atoms with van der Waals surface area (Å²) in [6.07, 6.45) is 2.91. The summed E-state index contributed by atoms with van der Waals surface area (Å²) in [6, 6.07) is 5.69. The van der Waals surface area contributed by atoms with Crippen molar-refractivity contribution in [3.8, 4) is 0 Å². The average molecular weight is 281 g/mol. The lowest BCUT2D eigenvalue weighted by atomic mass is 10.2. The highest BCUT2D eigenvalue weighted by molar-refractivity contribution is 6.33. The molecule has 0 aliphatic carbocycles. The van der Waals surface area contributed by atoms with Gasteiger partial charge in [0.1, 0.15) is 5.82 Å². The molecule has 0 bridgehead atoms. The highest BCUT2D eigenvalue weighted by Gasteiger charge is 2.13. The first-order valence-electron chi connectivity index (χ1n) is 5.34. The maximum atomic E-state index is 12.7. The van der Waals surface area contributed by atoms with E-state index in [1.54, 1.807) is 19.2 Å². The van der Waals surface area contributed by atoms with Gasteiger partial charge < -0.3 is 0 Å². The van der Waals surface area contributed by atoms with Crippen molar-refractivity contribution in [3.63, 3.8) is 0 Å². The Hall–Kier alpha value is -2.21. The number of amides is 1. The fourth-order valence-corrected chi connectivity index (χ4v) is 1.65. The second kappa shape index (κ2) is 5.62. The molecule has 0 spiro atoms. The van der Waals surface area contributed by atoms with Gasteiger partial charge in [0, 0.05) is 13.2 Å². The number of aromatic nitrogens is 2. The standard InChI is InChI=1S/C12H10ClFN4O/c1-18-7-10(13)11(17-18)12(19)16-15-6-8-2-4-9(14)5-3-8/h2-7H,1H3,(H,16,19)/b15-6-. The van der Waals surface area contributed by atoms with Crippen LogP contribution in [0.5, 0.6) is 0 Å². The zero-order valence-corrected chi connectivity index (χ0v) is 10.7. The molecular formula is C12H10ClFN4O. The molecule has 2 rings (SSSR count). The predicted molar refractivity (Wildman–Crippen MR) is 69.7 cm³/mol. The quantitative estimate of drug-likeness (QED) is 0.690. The molecule has 98 valence electrons. The number of aryl methyl sites for hydroxylation is 1. The molecule has 1 heterocycles. The Kier molecular flexibility index (Phi) is 3.91. The summed E-state index contributed by atoms with van der Waals surface area (Å²) in [4.78, 5) is 11.7. The summed E-state index contributed by atoms with van der Waals surface area (Å²) in [5, 5.41) is 7.89. The smallest absolute Gasteiger partial charge is 0.273 e. The van der Waals surface area contributed by atoms with Gasteiger partial charge in [-0.05, 0) is 17.7 Å². The fourth-order valence-electron chi connectivity index (χ4n) is 1.38. The minimum Gasteiger partial charge on any atom is -0.273 e. The van der Waals surface area contributed by atoms with Crippen LogP contribution in [0.4, 0.5) is 4.39 Å². The molecule has 0 aliphatic heterocycles. The number of hydrogen-bond acceptors (Lipinski definition) is 3. The number of rotatable bonds is 3. The molecule has 1 aromatic heterocycles. The van der Waals surface area contributed by atoms with Gasteiger partial charge in [-0.25, -0.2) is 9.82 Å². The van der Waals surface area contributed by atoms with E-state index in [1.807, 2.05) is 0 Å². The van der Waals surface area contributed by atoms with Crippen molar-refractivity contribution in [1.29, 1.82) is 0 Å². The van der Waals surface area contributed by atoms with E-state index in [0.717, 1.165) is 0 Å². The lowest BCUT2D eigenvalue weighted by molar-refractivity contribution is 0.0949. The summed E-state index contributed by atoms with van der Waals surface area (Å²) < 4.78 is 14.1. The molecule has 1 N–H and O–H groups in total. The molecule has 5 nitrogen and oxygen atoms in total. The number of carbonyl (C=O) groups is 1. The highest BCUT2D eigenvalue weighted by Crippen LogP contribution is 2.12. The monoisotopic (exact) mass is 280 g/mol. The van der Waals surface area contributed by atoms with E-state index < -0.39 is 5.91 Å². The van der Waals surface area contributed by atoms with E-state index in [4.69, 9.17) is 11.6 Å². The van der Waals surface area contributed by atoms with Gasteiger partial charge in [-0.3, -0.25) is 9.48 Å². The van der Waals surface area contributed by atoms with Crippen molar-refractivity contribution in [2.75, 3.05) is 0 Å². The number of halogens is 2. The topological polar surface area (TPSA) is 59.3 Å². The first-order chi connectivity index (χ1) is 9.06. The molecule has 0 radical (unpaired) electrons. The molecule has 0 unspecified atom stereocenters. The highest BCUT2D eigenvalue weighted by atomic mass is 35.5. The number of benzene rings is 1. The summed E-state index contributed by atoms with van der Waals surface area (Å²) in [5.41, 5.74) is 3.05. The van der Waals surface area contributed by atoms with E-state index in [1.165, 1.54) is 29.2 Å². The van der Waals surface area contributed by atoms with Gasteiger partial charge in [0.15, 0.2) is 5.69 Å². The van der Waals surface area contributed by atoms with E-state index in [0.29, 0.717) is 5.56 Å². The second-order valence-corrected chi connectivity index (χ2v) is 4.16. The van der Waals surface area contributed by atoms with Gasteiger partial charge in [-0.2, -0.15) is 10.2 Å². The van der Waals surface area contributed by atoms with Crippen LogP contribution in [-0.2, 0) is 7.05 Å². The number of nitrogens with zero attached hydrogens (tertiary/aromatic N) is 3. The number of hydrazone groups is 1. The van der Waals surface area contributed by atoms with Crippen molar-refractivity contribution in [3.05, 3.63) is 52.6 Å². The SMILES string of the molecule is Cn1cc(Cl)c(C(=O)N/N=C\c2ccc(F)cc2)n1. The van der Waals surface area contributed by atoms with Crippen LogP contribution in [0.15, 0.2) is 35.6 Å². The van der Waals surface area contributed by atoms with Crippen LogP contribution in [0, 0.1) is 5.82 Å². The molecule has 0 fully saturated rings. The van der Waals surface area contributed by atoms with Crippen LogP contribution in [0.1, 0.15) is 16.1 Å². The largest absolute Gasteiger partial charge is 0.293 e. The number of nitrogens with one attached hydrogen (secondary N) is 1. The van der Waals surface area contributed by atoms with Crippen LogP contribution in [0.25, 0.3) is 0 Å². The molecule has 0 saturated heterocycles. The molecular weight excluding hydrogens is 271 g/mol. The van der Waals surface area contributed by atoms with Crippen LogP contribution in [0.3, 0.4) is 0 Å². The Morgan fingerprint density at radius 1 is 1.47 bits per heavy atom. The van der Waals surface area contributed by atoms with E-state index in [9.17, 15) is 9.18 Å². The minimum absolute atomic E-state index is 0.0976. The van der Waals surface area contributed by atoms with Gasteiger partial charge in [0.05, 0.1) is 11.2 Å². The van der Waals surface area contributed by atoms with E-state index in [-0.39, 0.29) is 16.5 Å². The second-order valence-electron chi connectivity index (χ2n) is 3.75. The molecule has 0 saturated carbocycles. The molecule has 1 aromatic carbocycles. The normalized spacial score (nSPS) is 10.9. The van der Waals surface area contributed by atoms with Crippen LogP contribution in [-0.4, -0.2) is 21.9 Å². The van der Waals surface area contributed by atoms with Crippen LogP contribution in [0.2, 0.25) is 5.02 Å². The molecule has 1 amide bonds. The third-order valence-electron chi connectivity index (χ3n) is 2.25. The van der Waals surface area contributed by atoms with Gasteiger partial charge in [0.25, 0.3) is 5.91 Å². The van der Waals surface area contributed by atoms with E-state index >= 15 is 0 Å². The Bertz CT molecular complexity index is 621. The molecule has 2 aromatic rings. The zero-order chi connectivity index (χ0) is 13.8. The van der Waals surface area contributed by atoms with Crippen molar-refractivity contribution < 1.29 is 9.18 Å². The lowest BCUT2D eigenvalue weighted by Gasteiger charge is -1.96. The zero-order valence-electron chi connectivity index (χ0n) is 9.97. The Morgan fingerprint density at radius 2 is 2.16 bits per heavy atom. The molecule has 0 atom stereocenters. The first-order valence-corrected chi connectivity index (χ1v) is 5.72. The Morgan fingerprint density at radius 3 is 2.74 bits per heavy atom. The Balaban J connectivity index is 2.00. The summed E-state index contributed by atoms with van der Waals surface area (Å²) in [6.45, 7) is 0. The van der Waals surface area contributed by atoms with Crippen LogP contribution >= 0.6 is 11.6 Å². The third-order valence-corrected chi connectivity index (χ3v) is 2.53. The average Bonchev–Trinajstić information content (AvgIpc) is 2.71. The third kappa shape index (κ3) is 3.38. The fraction of sp³-hybridized carbons (Fsp3) is 0.0833. The summed E-state index contributed by atoms with van der Waals surface area (Å²) >= 11 is 5.82. The van der Waals surface area contributed by atoms with Crippen molar-refractivity contribution >= 4 is 23.7 Å². The first kappa shape index (κ1) is 13.2. The molecule has 19 heavy (non-hydrogen) atoms. The molecule has 0 aliphatic rings. The van der Waals surface area contributed by atoms with Gasteiger partial charge in [-0.15, -0.1) is 0 Å². The molecule has 7 heteroatoms. The predicted octanol–water partition coefficient (Wildman–Crippen LogP) is 1.98. The van der Waals surface area contributed by atoms with Gasteiger partial charge in [-0.1, -0.05) is 23.7 Å². The Labute approximate surface area is 113 Å². The van der Waals surface area contributed by atoms with Crippen molar-refractivity contribution in [2.24, 2.45) is 12.1 Å². The summed E-state index contributed by atoms with van der Waals surface area (Å²) in [5.74, 6) is -0.842. The maximum absolute atomic E-state index is 12.7.